The molecule has 6 rings (SSSR count). The van der Waals surface area contributed by atoms with Crippen molar-refractivity contribution in [1.29, 1.82) is 0 Å². The third-order valence-electron chi connectivity index (χ3n) is 13.8. The highest BCUT2D eigenvalue weighted by Crippen LogP contribution is 2.46. The average molecular weight is 827 g/mol. The van der Waals surface area contributed by atoms with E-state index in [1.54, 1.807) is 0 Å². The van der Waals surface area contributed by atoms with Crippen LogP contribution in [0.15, 0.2) is 109 Å². The van der Waals surface area contributed by atoms with Gasteiger partial charge in [0.25, 0.3) is 0 Å². The summed E-state index contributed by atoms with van der Waals surface area (Å²) in [5.74, 6) is 2.19. The van der Waals surface area contributed by atoms with E-state index in [1.165, 1.54) is 141 Å². The van der Waals surface area contributed by atoms with Crippen molar-refractivity contribution < 1.29 is 0 Å². The van der Waals surface area contributed by atoms with E-state index < -0.39 is 0 Å². The Bertz CT molecular complexity index is 2150. The summed E-state index contributed by atoms with van der Waals surface area (Å²) in [7, 11) is 0. The Balaban J connectivity index is 1.72. The summed E-state index contributed by atoms with van der Waals surface area (Å²) in [5, 5.41) is 2.82. The van der Waals surface area contributed by atoms with Gasteiger partial charge in [-0.25, -0.2) is 0 Å². The number of anilines is 6. The minimum atomic E-state index is 0.478. The summed E-state index contributed by atoms with van der Waals surface area (Å²) < 4.78 is 0. The SMILES string of the molecule is CCCCC(CC)Cc1cc(N(c2ccc(C(C)C)cc2)c2c(C)cccc2C)cc2c(CC(CC)CCCC)cc(N(c3ccc(C(C)C)cc3)c3c(C)cccc3C)cc12. The van der Waals surface area contributed by atoms with Crippen molar-refractivity contribution >= 4 is 44.9 Å². The van der Waals surface area contributed by atoms with Gasteiger partial charge in [-0.2, -0.15) is 0 Å². The summed E-state index contributed by atoms with van der Waals surface area (Å²) in [6, 6.07) is 42.6. The summed E-state index contributed by atoms with van der Waals surface area (Å²) in [4.78, 5) is 5.16. The fourth-order valence-electron chi connectivity index (χ4n) is 9.83. The molecule has 0 aliphatic rings. The van der Waals surface area contributed by atoms with Gasteiger partial charge in [0.2, 0.25) is 0 Å². The van der Waals surface area contributed by atoms with Gasteiger partial charge in [0.05, 0.1) is 11.4 Å². The number of benzene rings is 6. The number of fused-ring (bicyclic) bond motifs is 1. The van der Waals surface area contributed by atoms with E-state index in [0.717, 1.165) is 12.8 Å². The first-order valence-corrected chi connectivity index (χ1v) is 24.4. The maximum Gasteiger partial charge on any atom is 0.0519 e. The van der Waals surface area contributed by atoms with Crippen molar-refractivity contribution in [2.24, 2.45) is 11.8 Å². The summed E-state index contributed by atoms with van der Waals surface area (Å²) >= 11 is 0. The first-order chi connectivity index (χ1) is 29.9. The Hall–Kier alpha value is -4.82. The lowest BCUT2D eigenvalue weighted by Crippen LogP contribution is -2.16. The zero-order valence-corrected chi connectivity index (χ0v) is 40.7. The molecule has 62 heavy (non-hydrogen) atoms. The zero-order chi connectivity index (χ0) is 44.5. The van der Waals surface area contributed by atoms with Crippen LogP contribution in [0.2, 0.25) is 0 Å². The van der Waals surface area contributed by atoms with Crippen LogP contribution < -0.4 is 9.80 Å². The van der Waals surface area contributed by atoms with E-state index in [4.69, 9.17) is 0 Å². The molecule has 0 spiro atoms. The Labute approximate surface area is 377 Å². The molecule has 0 heterocycles. The van der Waals surface area contributed by atoms with Crippen LogP contribution >= 0.6 is 0 Å². The van der Waals surface area contributed by atoms with Gasteiger partial charge >= 0.3 is 0 Å². The van der Waals surface area contributed by atoms with Gasteiger partial charge in [0, 0.05) is 22.7 Å². The molecular weight excluding hydrogens is 749 g/mol. The third kappa shape index (κ3) is 10.7. The molecule has 0 aliphatic carbocycles. The molecule has 2 heteroatoms. The topological polar surface area (TPSA) is 6.48 Å². The molecule has 0 aromatic heterocycles. The van der Waals surface area contributed by atoms with Gasteiger partial charge in [0.15, 0.2) is 0 Å². The largest absolute Gasteiger partial charge is 0.310 e. The number of nitrogens with zero attached hydrogens (tertiary/aromatic N) is 2. The molecular formula is C60H78N2. The number of aryl methyl sites for hydroxylation is 4. The second kappa shape index (κ2) is 21.5. The molecule has 328 valence electrons. The predicted octanol–water partition coefficient (Wildman–Crippen LogP) is 18.8. The Kier molecular flexibility index (Phi) is 16.2. The van der Waals surface area contributed by atoms with Crippen molar-refractivity contribution in [3.8, 4) is 0 Å². The molecule has 0 aliphatic heterocycles. The van der Waals surface area contributed by atoms with Gasteiger partial charge < -0.3 is 9.80 Å². The maximum atomic E-state index is 2.59. The zero-order valence-electron chi connectivity index (χ0n) is 40.7. The van der Waals surface area contributed by atoms with Crippen LogP contribution in [0.1, 0.15) is 163 Å². The van der Waals surface area contributed by atoms with Crippen molar-refractivity contribution in [1.82, 2.24) is 0 Å². The number of unbranched alkanes of at least 4 members (excludes halogenated alkanes) is 2. The summed E-state index contributed by atoms with van der Waals surface area (Å²) in [5.41, 5.74) is 18.4. The molecule has 2 nitrogen and oxygen atoms in total. The molecule has 2 unspecified atom stereocenters. The van der Waals surface area contributed by atoms with E-state index in [0.29, 0.717) is 23.7 Å². The van der Waals surface area contributed by atoms with Gasteiger partial charge in [-0.05, 0) is 168 Å². The second-order valence-electron chi connectivity index (χ2n) is 19.2. The fraction of sp³-hybridized carbons (Fsp3) is 0.433. The lowest BCUT2D eigenvalue weighted by Gasteiger charge is -2.32. The van der Waals surface area contributed by atoms with E-state index >= 15 is 0 Å². The molecule has 6 aromatic carbocycles. The van der Waals surface area contributed by atoms with Gasteiger partial charge in [-0.3, -0.25) is 0 Å². The van der Waals surface area contributed by atoms with Crippen LogP contribution in [0.5, 0.6) is 0 Å². The molecule has 2 atom stereocenters. The molecule has 0 saturated heterocycles. The normalized spacial score (nSPS) is 12.7. The van der Waals surface area contributed by atoms with Crippen molar-refractivity contribution in [3.63, 3.8) is 0 Å². The Morgan fingerprint density at radius 3 is 1.05 bits per heavy atom. The number of rotatable bonds is 20. The highest BCUT2D eigenvalue weighted by Gasteiger charge is 2.25. The number of hydrogen-bond donors (Lipinski definition) is 0. The van der Waals surface area contributed by atoms with Gasteiger partial charge in [0.1, 0.15) is 0 Å². The van der Waals surface area contributed by atoms with Crippen LogP contribution in [0.4, 0.5) is 34.1 Å². The van der Waals surface area contributed by atoms with Crippen molar-refractivity contribution in [2.75, 3.05) is 9.80 Å². The minimum absolute atomic E-state index is 0.478. The van der Waals surface area contributed by atoms with E-state index in [9.17, 15) is 0 Å². The monoisotopic (exact) mass is 827 g/mol. The summed E-state index contributed by atoms with van der Waals surface area (Å²) in [6.07, 6.45) is 12.0. The van der Waals surface area contributed by atoms with Gasteiger partial charge in [-0.1, -0.05) is 167 Å². The number of para-hydroxylation sites is 2. The molecule has 6 aromatic rings. The van der Waals surface area contributed by atoms with Crippen LogP contribution in [-0.4, -0.2) is 0 Å². The fourth-order valence-corrected chi connectivity index (χ4v) is 9.83. The maximum absolute atomic E-state index is 2.59. The van der Waals surface area contributed by atoms with Crippen molar-refractivity contribution in [2.45, 2.75) is 159 Å². The second-order valence-corrected chi connectivity index (χ2v) is 19.2. The first-order valence-electron chi connectivity index (χ1n) is 24.4. The molecule has 0 N–H and O–H groups in total. The molecule has 0 radical (unpaired) electrons. The van der Waals surface area contributed by atoms with Crippen LogP contribution in [0.3, 0.4) is 0 Å². The Morgan fingerprint density at radius 1 is 0.419 bits per heavy atom. The lowest BCUT2D eigenvalue weighted by atomic mass is 9.85. The summed E-state index contributed by atoms with van der Waals surface area (Å²) in [6.45, 7) is 27.8. The van der Waals surface area contributed by atoms with Crippen LogP contribution in [0, 0.1) is 39.5 Å². The molecule has 0 fully saturated rings. The van der Waals surface area contributed by atoms with E-state index in [2.05, 4.69) is 202 Å². The lowest BCUT2D eigenvalue weighted by molar-refractivity contribution is 0.449. The first kappa shape index (κ1) is 46.7. The highest BCUT2D eigenvalue weighted by atomic mass is 15.2. The predicted molar refractivity (Wildman–Crippen MR) is 274 cm³/mol. The van der Waals surface area contributed by atoms with Crippen molar-refractivity contribution in [3.05, 3.63) is 154 Å². The van der Waals surface area contributed by atoms with E-state index in [1.807, 2.05) is 0 Å². The average Bonchev–Trinajstić information content (AvgIpc) is 3.26. The molecule has 0 saturated carbocycles. The quantitative estimate of drug-likeness (QED) is 0.0756. The van der Waals surface area contributed by atoms with Crippen LogP contribution in [-0.2, 0) is 12.8 Å². The Morgan fingerprint density at radius 2 is 0.758 bits per heavy atom. The van der Waals surface area contributed by atoms with Crippen LogP contribution in [0.25, 0.3) is 10.8 Å². The highest BCUT2D eigenvalue weighted by molar-refractivity contribution is 5.98. The molecule has 0 amide bonds. The molecule has 0 bridgehead atoms. The minimum Gasteiger partial charge on any atom is -0.310 e. The number of hydrogen-bond acceptors (Lipinski definition) is 2. The standard InChI is InChI=1S/C60H78N2/c1-13-17-25-47(15-3)35-51-37-55(61(59-43(9)21-19-22-44(59)10)53-31-27-49(28-32-53)41(5)6)40-58-52(36-48(16-4)26-18-14-2)38-56(39-57(51)58)62(60-45(11)23-20-24-46(60)12)54-33-29-50(30-34-54)42(7)8/h19-24,27-34,37-42,47-48H,13-18,25-26,35-36H2,1-12H3. The van der Waals surface area contributed by atoms with Gasteiger partial charge in [-0.15, -0.1) is 0 Å². The smallest absolute Gasteiger partial charge is 0.0519 e. The van der Waals surface area contributed by atoms with E-state index in [-0.39, 0.29) is 0 Å². The third-order valence-corrected chi connectivity index (χ3v) is 13.8.